The number of rotatable bonds is 5. The highest BCUT2D eigenvalue weighted by molar-refractivity contribution is 5.62. The van der Waals surface area contributed by atoms with Crippen molar-refractivity contribution in [1.29, 1.82) is 0 Å². The Morgan fingerprint density at radius 3 is 2.70 bits per heavy atom. The van der Waals surface area contributed by atoms with E-state index in [2.05, 4.69) is 73.2 Å². The minimum atomic E-state index is 0.493. The second-order valence-corrected chi connectivity index (χ2v) is 6.86. The number of aromatic nitrogens is 1. The number of hydrogen-bond donors (Lipinski definition) is 0. The maximum absolute atomic E-state index is 4.71. The zero-order valence-corrected chi connectivity index (χ0v) is 14.4. The Morgan fingerprint density at radius 2 is 1.96 bits per heavy atom. The van der Waals surface area contributed by atoms with Crippen molar-refractivity contribution < 1.29 is 0 Å². The summed E-state index contributed by atoms with van der Waals surface area (Å²) in [5.41, 5.74) is 2.54. The molecule has 2 heterocycles. The summed E-state index contributed by atoms with van der Waals surface area (Å²) in [6.45, 7) is 6.96. The molecule has 3 rings (SSSR count). The number of benzene rings is 1. The average molecular weight is 309 g/mol. The highest BCUT2D eigenvalue weighted by Crippen LogP contribution is 2.37. The first-order chi connectivity index (χ1) is 11.2. The van der Waals surface area contributed by atoms with Gasteiger partial charge in [-0.2, -0.15) is 0 Å². The first-order valence-corrected chi connectivity index (χ1v) is 8.64. The Kier molecular flexibility index (Phi) is 4.97. The zero-order chi connectivity index (χ0) is 16.2. The summed E-state index contributed by atoms with van der Waals surface area (Å²) >= 11 is 0. The number of para-hydroxylation sites is 1. The molecule has 2 aromatic rings. The summed E-state index contributed by atoms with van der Waals surface area (Å²) in [6.07, 6.45) is 4.41. The van der Waals surface area contributed by atoms with Gasteiger partial charge in [-0.05, 0) is 43.5 Å². The molecule has 1 aromatic heterocycles. The highest BCUT2D eigenvalue weighted by atomic mass is 15.2. The van der Waals surface area contributed by atoms with Crippen molar-refractivity contribution in [3.63, 3.8) is 0 Å². The minimum absolute atomic E-state index is 0.493. The summed E-state index contributed by atoms with van der Waals surface area (Å²) in [5.74, 6) is 1.78. The van der Waals surface area contributed by atoms with E-state index >= 15 is 0 Å². The molecule has 0 N–H and O–H groups in total. The summed E-state index contributed by atoms with van der Waals surface area (Å²) in [5, 5.41) is 0. The molecule has 1 aliphatic heterocycles. The molecule has 0 spiro atoms. The lowest BCUT2D eigenvalue weighted by Gasteiger charge is -2.30. The third-order valence-corrected chi connectivity index (χ3v) is 4.60. The van der Waals surface area contributed by atoms with Gasteiger partial charge in [0, 0.05) is 37.1 Å². The summed E-state index contributed by atoms with van der Waals surface area (Å²) in [4.78, 5) is 9.55. The number of anilines is 2. The van der Waals surface area contributed by atoms with E-state index in [0.717, 1.165) is 12.4 Å². The number of likely N-dealkylation sites (tertiary alicyclic amines) is 1. The van der Waals surface area contributed by atoms with Crippen molar-refractivity contribution in [3.8, 4) is 0 Å². The number of hydrogen-bond acceptors (Lipinski definition) is 3. The van der Waals surface area contributed by atoms with Crippen molar-refractivity contribution in [2.24, 2.45) is 5.92 Å². The molecule has 1 fully saturated rings. The average Bonchev–Trinajstić information content (AvgIpc) is 3.02. The van der Waals surface area contributed by atoms with E-state index in [1.165, 1.54) is 30.6 Å². The highest BCUT2D eigenvalue weighted by Gasteiger charge is 2.29. The van der Waals surface area contributed by atoms with Crippen LogP contribution in [0.25, 0.3) is 0 Å². The molecular formula is C20H27N3. The fraction of sp³-hybridized carbons (Fsp3) is 0.450. The number of pyridine rings is 1. The molecule has 1 saturated heterocycles. The van der Waals surface area contributed by atoms with Crippen molar-refractivity contribution in [2.75, 3.05) is 25.0 Å². The van der Waals surface area contributed by atoms with Crippen LogP contribution >= 0.6 is 0 Å². The van der Waals surface area contributed by atoms with Crippen LogP contribution in [0.4, 0.5) is 11.5 Å². The SMILES string of the molecule is CC(C)CN1CCC[C@@H]1c1cccnc1N(C)c1ccccc1. The van der Waals surface area contributed by atoms with Gasteiger partial charge in [0.25, 0.3) is 0 Å². The fourth-order valence-corrected chi connectivity index (χ4v) is 3.59. The van der Waals surface area contributed by atoms with Gasteiger partial charge in [0.15, 0.2) is 0 Å². The normalized spacial score (nSPS) is 18.5. The molecular weight excluding hydrogens is 282 g/mol. The lowest BCUT2D eigenvalue weighted by molar-refractivity contribution is 0.229. The van der Waals surface area contributed by atoms with Crippen molar-refractivity contribution in [3.05, 3.63) is 54.2 Å². The van der Waals surface area contributed by atoms with Gasteiger partial charge in [-0.15, -0.1) is 0 Å². The standard InChI is InChI=1S/C20H27N3/c1-16(2)15-23-14-8-12-19(23)18-11-7-13-21-20(18)22(3)17-9-5-4-6-10-17/h4-7,9-11,13,16,19H,8,12,14-15H2,1-3H3/t19-/m1/s1. The van der Waals surface area contributed by atoms with Crippen LogP contribution in [0.5, 0.6) is 0 Å². The van der Waals surface area contributed by atoms with E-state index in [0.29, 0.717) is 12.0 Å². The van der Waals surface area contributed by atoms with Gasteiger partial charge in [-0.25, -0.2) is 4.98 Å². The van der Waals surface area contributed by atoms with E-state index in [1.54, 1.807) is 0 Å². The molecule has 0 amide bonds. The Hall–Kier alpha value is -1.87. The van der Waals surface area contributed by atoms with E-state index in [1.807, 2.05) is 6.20 Å². The predicted octanol–water partition coefficient (Wildman–Crippen LogP) is 4.64. The molecule has 0 radical (unpaired) electrons. The summed E-state index contributed by atoms with van der Waals surface area (Å²) < 4.78 is 0. The fourth-order valence-electron chi connectivity index (χ4n) is 3.59. The smallest absolute Gasteiger partial charge is 0.137 e. The molecule has 1 aliphatic rings. The van der Waals surface area contributed by atoms with Crippen LogP contribution in [-0.4, -0.2) is 30.0 Å². The van der Waals surface area contributed by atoms with Crippen LogP contribution in [0.1, 0.15) is 38.3 Å². The minimum Gasteiger partial charge on any atom is -0.329 e. The Balaban J connectivity index is 1.91. The lowest BCUT2D eigenvalue weighted by atomic mass is 10.0. The second kappa shape index (κ2) is 7.14. The topological polar surface area (TPSA) is 19.4 Å². The van der Waals surface area contributed by atoms with Crippen molar-refractivity contribution in [1.82, 2.24) is 9.88 Å². The van der Waals surface area contributed by atoms with Crippen LogP contribution in [0, 0.1) is 5.92 Å². The van der Waals surface area contributed by atoms with Crippen molar-refractivity contribution >= 4 is 11.5 Å². The van der Waals surface area contributed by atoms with Crippen LogP contribution in [0.2, 0.25) is 0 Å². The van der Waals surface area contributed by atoms with E-state index in [4.69, 9.17) is 4.98 Å². The molecule has 3 heteroatoms. The Bertz CT molecular complexity index is 624. The summed E-state index contributed by atoms with van der Waals surface area (Å²) in [7, 11) is 2.11. The first-order valence-electron chi connectivity index (χ1n) is 8.64. The summed E-state index contributed by atoms with van der Waals surface area (Å²) in [6, 6.07) is 15.3. The van der Waals surface area contributed by atoms with Crippen LogP contribution in [0.15, 0.2) is 48.7 Å². The third kappa shape index (κ3) is 3.56. The molecule has 3 nitrogen and oxygen atoms in total. The Morgan fingerprint density at radius 1 is 1.17 bits per heavy atom. The maximum atomic E-state index is 4.71. The van der Waals surface area contributed by atoms with Gasteiger partial charge in [0.2, 0.25) is 0 Å². The zero-order valence-electron chi connectivity index (χ0n) is 14.4. The van der Waals surface area contributed by atoms with Gasteiger partial charge in [0.05, 0.1) is 0 Å². The van der Waals surface area contributed by atoms with Crippen molar-refractivity contribution in [2.45, 2.75) is 32.7 Å². The number of nitrogens with zero attached hydrogens (tertiary/aromatic N) is 3. The van der Waals surface area contributed by atoms with Crippen LogP contribution in [0.3, 0.4) is 0 Å². The van der Waals surface area contributed by atoms with E-state index in [9.17, 15) is 0 Å². The quantitative estimate of drug-likeness (QED) is 0.802. The molecule has 122 valence electrons. The molecule has 0 unspecified atom stereocenters. The van der Waals surface area contributed by atoms with Crippen LogP contribution < -0.4 is 4.90 Å². The lowest BCUT2D eigenvalue weighted by Crippen LogP contribution is -2.28. The molecule has 1 aromatic carbocycles. The molecule has 1 atom stereocenters. The monoisotopic (exact) mass is 309 g/mol. The van der Waals surface area contributed by atoms with E-state index in [-0.39, 0.29) is 0 Å². The largest absolute Gasteiger partial charge is 0.329 e. The molecule has 0 saturated carbocycles. The molecule has 23 heavy (non-hydrogen) atoms. The van der Waals surface area contributed by atoms with Gasteiger partial charge < -0.3 is 4.90 Å². The first kappa shape index (κ1) is 16.0. The van der Waals surface area contributed by atoms with Gasteiger partial charge >= 0.3 is 0 Å². The van der Waals surface area contributed by atoms with Crippen LogP contribution in [-0.2, 0) is 0 Å². The predicted molar refractivity (Wildman–Crippen MR) is 97.1 cm³/mol. The molecule has 0 bridgehead atoms. The van der Waals surface area contributed by atoms with Gasteiger partial charge in [0.1, 0.15) is 5.82 Å². The van der Waals surface area contributed by atoms with E-state index < -0.39 is 0 Å². The second-order valence-electron chi connectivity index (χ2n) is 6.86. The maximum Gasteiger partial charge on any atom is 0.137 e. The molecule has 0 aliphatic carbocycles. The third-order valence-electron chi connectivity index (χ3n) is 4.60. The van der Waals surface area contributed by atoms with Gasteiger partial charge in [-0.3, -0.25) is 4.90 Å². The van der Waals surface area contributed by atoms with Gasteiger partial charge in [-0.1, -0.05) is 38.1 Å². The Labute approximate surface area is 140 Å².